The van der Waals surface area contributed by atoms with Gasteiger partial charge in [0.1, 0.15) is 5.75 Å². The van der Waals surface area contributed by atoms with E-state index < -0.39 is 0 Å². The molecule has 1 rings (SSSR count). The molecule has 0 aliphatic carbocycles. The van der Waals surface area contributed by atoms with E-state index in [0.717, 1.165) is 18.9 Å². The van der Waals surface area contributed by atoms with Crippen LogP contribution in [0, 0.1) is 0 Å². The minimum absolute atomic E-state index is 0.837. The SMILES string of the molecule is CCCCCCCCCCCCCCOc1ccc(C=NCCCCCCCCCC)cc1. The van der Waals surface area contributed by atoms with Crippen molar-refractivity contribution in [3.8, 4) is 5.75 Å². The first kappa shape index (κ1) is 29.7. The van der Waals surface area contributed by atoms with Crippen LogP contribution in [0.5, 0.6) is 5.75 Å². The zero-order chi connectivity index (χ0) is 23.7. The first-order valence-corrected chi connectivity index (χ1v) is 14.6. The molecule has 190 valence electrons. The predicted molar refractivity (Wildman–Crippen MR) is 148 cm³/mol. The summed E-state index contributed by atoms with van der Waals surface area (Å²) in [6.45, 7) is 6.35. The van der Waals surface area contributed by atoms with E-state index in [1.165, 1.54) is 134 Å². The van der Waals surface area contributed by atoms with E-state index >= 15 is 0 Å². The Kier molecular flexibility index (Phi) is 21.5. The molecule has 0 aromatic heterocycles. The van der Waals surface area contributed by atoms with Gasteiger partial charge < -0.3 is 4.74 Å². The molecule has 0 aliphatic rings. The molecule has 0 saturated carbocycles. The number of ether oxygens (including phenoxy) is 1. The van der Waals surface area contributed by atoms with Crippen LogP contribution in [0.1, 0.15) is 148 Å². The van der Waals surface area contributed by atoms with Crippen molar-refractivity contribution in [2.45, 2.75) is 142 Å². The summed E-state index contributed by atoms with van der Waals surface area (Å²) in [5, 5.41) is 0. The molecule has 0 aliphatic heterocycles. The predicted octanol–water partition coefficient (Wildman–Crippen LogP) is 10.3. The molecule has 0 atom stereocenters. The van der Waals surface area contributed by atoms with Gasteiger partial charge in [-0.1, -0.05) is 129 Å². The van der Waals surface area contributed by atoms with Crippen LogP contribution in [-0.4, -0.2) is 19.4 Å². The largest absolute Gasteiger partial charge is 0.494 e. The lowest BCUT2D eigenvalue weighted by atomic mass is 10.1. The Balaban J connectivity index is 1.92. The fraction of sp³-hybridized carbons (Fsp3) is 0.774. The molecular formula is C31H55NO. The Morgan fingerprint density at radius 2 is 0.970 bits per heavy atom. The van der Waals surface area contributed by atoms with Crippen LogP contribution in [-0.2, 0) is 0 Å². The summed E-state index contributed by atoms with van der Waals surface area (Å²) in [5.41, 5.74) is 1.17. The van der Waals surface area contributed by atoms with Gasteiger partial charge in [-0.15, -0.1) is 0 Å². The summed E-state index contributed by atoms with van der Waals surface area (Å²) in [4.78, 5) is 4.59. The lowest BCUT2D eigenvalue weighted by Crippen LogP contribution is -1.97. The van der Waals surface area contributed by atoms with Gasteiger partial charge in [0.05, 0.1) is 6.61 Å². The summed E-state index contributed by atoms with van der Waals surface area (Å²) < 4.78 is 5.91. The second-order valence-electron chi connectivity index (χ2n) is 9.82. The van der Waals surface area contributed by atoms with E-state index in [1.54, 1.807) is 0 Å². The number of aliphatic imine (C=N–C) groups is 1. The molecule has 0 spiro atoms. The van der Waals surface area contributed by atoms with Gasteiger partial charge in [0.15, 0.2) is 0 Å². The van der Waals surface area contributed by atoms with Gasteiger partial charge in [-0.2, -0.15) is 0 Å². The van der Waals surface area contributed by atoms with Crippen molar-refractivity contribution in [2.24, 2.45) is 4.99 Å². The van der Waals surface area contributed by atoms with Crippen LogP contribution in [0.3, 0.4) is 0 Å². The van der Waals surface area contributed by atoms with Crippen molar-refractivity contribution in [3.63, 3.8) is 0 Å². The van der Waals surface area contributed by atoms with Crippen LogP contribution in [0.4, 0.5) is 0 Å². The van der Waals surface area contributed by atoms with Crippen molar-refractivity contribution in [1.82, 2.24) is 0 Å². The summed E-state index contributed by atoms with van der Waals surface area (Å²) >= 11 is 0. The normalized spacial score (nSPS) is 11.5. The first-order chi connectivity index (χ1) is 16.4. The van der Waals surface area contributed by atoms with Crippen molar-refractivity contribution >= 4 is 6.21 Å². The van der Waals surface area contributed by atoms with Crippen LogP contribution in [0.2, 0.25) is 0 Å². The van der Waals surface area contributed by atoms with Gasteiger partial charge in [-0.25, -0.2) is 0 Å². The second kappa shape index (κ2) is 23.8. The molecule has 0 fully saturated rings. The zero-order valence-corrected chi connectivity index (χ0v) is 22.3. The van der Waals surface area contributed by atoms with Crippen LogP contribution < -0.4 is 4.74 Å². The van der Waals surface area contributed by atoms with Crippen molar-refractivity contribution in [2.75, 3.05) is 13.2 Å². The van der Waals surface area contributed by atoms with E-state index in [4.69, 9.17) is 4.74 Å². The van der Waals surface area contributed by atoms with Crippen LogP contribution in [0.25, 0.3) is 0 Å². The molecule has 0 heterocycles. The Morgan fingerprint density at radius 1 is 0.545 bits per heavy atom. The maximum absolute atomic E-state index is 5.91. The maximum Gasteiger partial charge on any atom is 0.119 e. The Hall–Kier alpha value is -1.31. The number of hydrogen-bond acceptors (Lipinski definition) is 2. The maximum atomic E-state index is 5.91. The highest BCUT2D eigenvalue weighted by atomic mass is 16.5. The van der Waals surface area contributed by atoms with Gasteiger partial charge in [0.2, 0.25) is 0 Å². The molecule has 2 heteroatoms. The average molecular weight is 458 g/mol. The fourth-order valence-corrected chi connectivity index (χ4v) is 4.29. The van der Waals surface area contributed by atoms with E-state index in [1.807, 2.05) is 6.21 Å². The second-order valence-corrected chi connectivity index (χ2v) is 9.82. The number of hydrogen-bond donors (Lipinski definition) is 0. The number of nitrogens with zero attached hydrogens (tertiary/aromatic N) is 1. The molecule has 0 bridgehead atoms. The lowest BCUT2D eigenvalue weighted by Gasteiger charge is -2.06. The highest BCUT2D eigenvalue weighted by molar-refractivity contribution is 5.79. The molecule has 1 aromatic carbocycles. The quantitative estimate of drug-likeness (QED) is 0.112. The molecular weight excluding hydrogens is 402 g/mol. The topological polar surface area (TPSA) is 21.6 Å². The third-order valence-electron chi connectivity index (χ3n) is 6.53. The van der Waals surface area contributed by atoms with Crippen molar-refractivity contribution in [3.05, 3.63) is 29.8 Å². The number of benzene rings is 1. The zero-order valence-electron chi connectivity index (χ0n) is 22.3. The molecule has 1 aromatic rings. The molecule has 0 radical (unpaired) electrons. The molecule has 0 saturated heterocycles. The summed E-state index contributed by atoms with van der Waals surface area (Å²) in [6, 6.07) is 8.40. The first-order valence-electron chi connectivity index (χ1n) is 14.6. The van der Waals surface area contributed by atoms with E-state index in [9.17, 15) is 0 Å². The van der Waals surface area contributed by atoms with Crippen LogP contribution in [0.15, 0.2) is 29.3 Å². The summed E-state index contributed by atoms with van der Waals surface area (Å²) in [6.07, 6.45) is 29.4. The highest BCUT2D eigenvalue weighted by Gasteiger charge is 1.97. The Morgan fingerprint density at radius 3 is 1.45 bits per heavy atom. The van der Waals surface area contributed by atoms with E-state index in [0.29, 0.717) is 0 Å². The average Bonchev–Trinajstić information content (AvgIpc) is 2.84. The standard InChI is InChI=1S/C31H55NO/c1-3-5-7-9-11-13-14-15-16-18-20-22-28-33-31-25-23-30(24-26-31)29-32-27-21-19-17-12-10-8-6-4-2/h23-26,29H,3-22,27-28H2,1-2H3. The van der Waals surface area contributed by atoms with Gasteiger partial charge in [-0.3, -0.25) is 4.99 Å². The lowest BCUT2D eigenvalue weighted by molar-refractivity contribution is 0.304. The Labute approximate surface area is 207 Å². The van der Waals surface area contributed by atoms with E-state index in [2.05, 4.69) is 43.1 Å². The third-order valence-corrected chi connectivity index (χ3v) is 6.53. The van der Waals surface area contributed by atoms with Crippen molar-refractivity contribution < 1.29 is 4.74 Å². The fourth-order valence-electron chi connectivity index (χ4n) is 4.29. The molecule has 2 nitrogen and oxygen atoms in total. The third kappa shape index (κ3) is 19.8. The highest BCUT2D eigenvalue weighted by Crippen LogP contribution is 2.14. The molecule has 0 N–H and O–H groups in total. The smallest absolute Gasteiger partial charge is 0.119 e. The van der Waals surface area contributed by atoms with E-state index in [-0.39, 0.29) is 0 Å². The molecule has 0 unspecified atom stereocenters. The summed E-state index contributed by atoms with van der Waals surface area (Å²) in [7, 11) is 0. The van der Waals surface area contributed by atoms with Crippen LogP contribution >= 0.6 is 0 Å². The number of rotatable bonds is 24. The summed E-state index contributed by atoms with van der Waals surface area (Å²) in [5.74, 6) is 0.985. The minimum Gasteiger partial charge on any atom is -0.494 e. The Bertz CT molecular complexity index is 536. The van der Waals surface area contributed by atoms with Gasteiger partial charge in [0, 0.05) is 12.8 Å². The van der Waals surface area contributed by atoms with Crippen molar-refractivity contribution in [1.29, 1.82) is 0 Å². The monoisotopic (exact) mass is 457 g/mol. The molecule has 0 amide bonds. The van der Waals surface area contributed by atoms with Gasteiger partial charge in [0.25, 0.3) is 0 Å². The minimum atomic E-state index is 0.837. The van der Waals surface area contributed by atoms with Gasteiger partial charge in [-0.05, 0) is 42.7 Å². The molecule has 33 heavy (non-hydrogen) atoms. The number of unbranched alkanes of at least 4 members (excludes halogenated alkanes) is 18. The van der Waals surface area contributed by atoms with Gasteiger partial charge >= 0.3 is 0 Å².